The molecular weight excluding hydrogens is 372 g/mol. The van der Waals surface area contributed by atoms with Crippen LogP contribution in [0.5, 0.6) is 11.5 Å². The molecule has 1 fully saturated rings. The van der Waals surface area contributed by atoms with Gasteiger partial charge in [0.05, 0.1) is 0 Å². The fourth-order valence-corrected chi connectivity index (χ4v) is 3.46. The first-order valence-electron chi connectivity index (χ1n) is 9.73. The molecule has 0 aromatic heterocycles. The Bertz CT molecular complexity index is 776. The number of rotatable bonds is 7. The smallest absolute Gasteiger partial charge is 0.229 e. The number of carbonyl (C=O) groups is 1. The van der Waals surface area contributed by atoms with Crippen LogP contribution in [-0.4, -0.2) is 24.2 Å². The molecule has 0 spiro atoms. The van der Waals surface area contributed by atoms with Gasteiger partial charge in [0.2, 0.25) is 5.91 Å². The molecule has 1 amide bonds. The van der Waals surface area contributed by atoms with E-state index in [1.54, 1.807) is 0 Å². The van der Waals surface area contributed by atoms with E-state index in [4.69, 9.17) is 21.7 Å². The van der Waals surface area contributed by atoms with Crippen molar-refractivity contribution in [1.29, 1.82) is 0 Å². The lowest BCUT2D eigenvalue weighted by Gasteiger charge is -2.21. The average molecular weight is 399 g/mol. The van der Waals surface area contributed by atoms with Gasteiger partial charge in [-0.3, -0.25) is 4.79 Å². The maximum absolute atomic E-state index is 12.3. The van der Waals surface area contributed by atoms with Crippen LogP contribution in [-0.2, 0) is 4.79 Å². The Morgan fingerprint density at radius 2 is 1.61 bits per heavy atom. The molecule has 2 aromatic carbocycles. The van der Waals surface area contributed by atoms with E-state index >= 15 is 0 Å². The minimum atomic E-state index is 0.0164. The minimum Gasteiger partial charge on any atom is -0.490 e. The molecule has 0 saturated heterocycles. The number of benzene rings is 2. The number of nitrogens with one attached hydrogen (secondary N) is 2. The summed E-state index contributed by atoms with van der Waals surface area (Å²) in [6.07, 6.45) is 5.35. The summed E-state index contributed by atoms with van der Waals surface area (Å²) in [5, 5.41) is 6.19. The number of hydrogen-bond donors (Lipinski definition) is 2. The van der Waals surface area contributed by atoms with Gasteiger partial charge in [0.25, 0.3) is 0 Å². The summed E-state index contributed by atoms with van der Waals surface area (Å²) in [5.41, 5.74) is 0.774. The summed E-state index contributed by atoms with van der Waals surface area (Å²) in [7, 11) is 0. The summed E-state index contributed by atoms with van der Waals surface area (Å²) in [6.45, 7) is 0.888. The zero-order valence-corrected chi connectivity index (χ0v) is 16.7. The zero-order valence-electron chi connectivity index (χ0n) is 15.9. The standard InChI is InChI=1S/C22H26N2O3S/c25-21(17-8-3-1-4-9-17)24-22(28)23-18-10-7-13-20(16-18)27-15-14-26-19-11-5-2-6-12-19/h2,5-7,10-13,16-17H,1,3-4,8-9,14-15H2,(H2,23,24,25,28). The molecule has 0 aliphatic heterocycles. The number of carbonyl (C=O) groups excluding carboxylic acids is 1. The zero-order chi connectivity index (χ0) is 19.6. The first-order valence-corrected chi connectivity index (χ1v) is 10.1. The molecule has 0 bridgehead atoms. The normalized spacial score (nSPS) is 14.1. The molecule has 0 unspecified atom stereocenters. The van der Waals surface area contributed by atoms with Gasteiger partial charge < -0.3 is 20.1 Å². The molecule has 2 N–H and O–H groups in total. The number of anilines is 1. The quantitative estimate of drug-likeness (QED) is 0.530. The van der Waals surface area contributed by atoms with Gasteiger partial charge in [0.15, 0.2) is 5.11 Å². The van der Waals surface area contributed by atoms with E-state index in [9.17, 15) is 4.79 Å². The fourth-order valence-electron chi connectivity index (χ4n) is 3.24. The SMILES string of the molecule is O=C(NC(=S)Nc1cccc(OCCOc2ccccc2)c1)C1CCCCC1. The van der Waals surface area contributed by atoms with Crippen molar-refractivity contribution in [1.82, 2.24) is 5.32 Å². The predicted molar refractivity (Wildman–Crippen MR) is 115 cm³/mol. The molecule has 0 heterocycles. The average Bonchev–Trinajstić information content (AvgIpc) is 2.73. The lowest BCUT2D eigenvalue weighted by atomic mass is 9.89. The Kier molecular flexibility index (Phi) is 7.67. The van der Waals surface area contributed by atoms with Gasteiger partial charge in [0.1, 0.15) is 24.7 Å². The fraction of sp³-hybridized carbons (Fsp3) is 0.364. The number of hydrogen-bond acceptors (Lipinski definition) is 4. The molecule has 6 heteroatoms. The third-order valence-electron chi connectivity index (χ3n) is 4.67. The lowest BCUT2D eigenvalue weighted by molar-refractivity contribution is -0.124. The van der Waals surface area contributed by atoms with Crippen molar-refractivity contribution in [3.8, 4) is 11.5 Å². The number of thiocarbonyl (C=S) groups is 1. The summed E-state index contributed by atoms with van der Waals surface area (Å²) < 4.78 is 11.3. The van der Waals surface area contributed by atoms with E-state index in [0.717, 1.165) is 37.1 Å². The highest BCUT2D eigenvalue weighted by molar-refractivity contribution is 7.80. The molecule has 1 saturated carbocycles. The van der Waals surface area contributed by atoms with E-state index in [-0.39, 0.29) is 11.8 Å². The number of para-hydroxylation sites is 1. The molecule has 148 valence electrons. The molecule has 2 aromatic rings. The van der Waals surface area contributed by atoms with Gasteiger partial charge in [-0.25, -0.2) is 0 Å². The molecule has 28 heavy (non-hydrogen) atoms. The van der Waals surface area contributed by atoms with E-state index < -0.39 is 0 Å². The summed E-state index contributed by atoms with van der Waals surface area (Å²) >= 11 is 5.28. The van der Waals surface area contributed by atoms with Crippen LogP contribution in [0.15, 0.2) is 54.6 Å². The topological polar surface area (TPSA) is 59.6 Å². The van der Waals surface area contributed by atoms with Gasteiger partial charge >= 0.3 is 0 Å². The predicted octanol–water partition coefficient (Wildman–Crippen LogP) is 4.54. The molecule has 0 atom stereocenters. The second-order valence-electron chi connectivity index (χ2n) is 6.82. The van der Waals surface area contributed by atoms with E-state index in [1.165, 1.54) is 6.42 Å². The molecule has 1 aliphatic carbocycles. The van der Waals surface area contributed by atoms with Crippen molar-refractivity contribution in [2.75, 3.05) is 18.5 Å². The molecule has 3 rings (SSSR count). The van der Waals surface area contributed by atoms with Gasteiger partial charge in [-0.05, 0) is 49.3 Å². The van der Waals surface area contributed by atoms with Crippen LogP contribution >= 0.6 is 12.2 Å². The first-order chi connectivity index (χ1) is 13.7. The summed E-state index contributed by atoms with van der Waals surface area (Å²) in [6, 6.07) is 17.1. The van der Waals surface area contributed by atoms with Crippen LogP contribution in [0.1, 0.15) is 32.1 Å². The maximum atomic E-state index is 12.3. The van der Waals surface area contributed by atoms with Gasteiger partial charge in [0, 0.05) is 17.7 Å². The number of amides is 1. The highest BCUT2D eigenvalue weighted by Gasteiger charge is 2.21. The van der Waals surface area contributed by atoms with Crippen LogP contribution in [0.3, 0.4) is 0 Å². The van der Waals surface area contributed by atoms with Crippen molar-refractivity contribution in [3.05, 3.63) is 54.6 Å². The van der Waals surface area contributed by atoms with Crippen molar-refractivity contribution < 1.29 is 14.3 Å². The Morgan fingerprint density at radius 1 is 0.929 bits per heavy atom. The van der Waals surface area contributed by atoms with Crippen LogP contribution in [0.4, 0.5) is 5.69 Å². The second-order valence-corrected chi connectivity index (χ2v) is 7.22. The minimum absolute atomic E-state index is 0.0164. The van der Waals surface area contributed by atoms with E-state index in [0.29, 0.717) is 24.1 Å². The lowest BCUT2D eigenvalue weighted by Crippen LogP contribution is -2.38. The van der Waals surface area contributed by atoms with Crippen LogP contribution in [0.25, 0.3) is 0 Å². The van der Waals surface area contributed by atoms with Gasteiger partial charge in [-0.15, -0.1) is 0 Å². The Balaban J connectivity index is 1.42. The molecular formula is C22H26N2O3S. The highest BCUT2D eigenvalue weighted by Crippen LogP contribution is 2.23. The van der Waals surface area contributed by atoms with Crippen LogP contribution in [0.2, 0.25) is 0 Å². The molecule has 0 radical (unpaired) electrons. The molecule has 1 aliphatic rings. The number of ether oxygens (including phenoxy) is 2. The van der Waals surface area contributed by atoms with E-state index in [2.05, 4.69) is 10.6 Å². The molecule has 5 nitrogen and oxygen atoms in total. The van der Waals surface area contributed by atoms with Gasteiger partial charge in [-0.1, -0.05) is 43.5 Å². The van der Waals surface area contributed by atoms with Crippen molar-refractivity contribution >= 4 is 28.9 Å². The largest absolute Gasteiger partial charge is 0.490 e. The Morgan fingerprint density at radius 3 is 2.36 bits per heavy atom. The monoisotopic (exact) mass is 398 g/mol. The van der Waals surface area contributed by atoms with Crippen molar-refractivity contribution in [2.24, 2.45) is 5.92 Å². The summed E-state index contributed by atoms with van der Waals surface area (Å²) in [4.78, 5) is 12.3. The van der Waals surface area contributed by atoms with Crippen molar-refractivity contribution in [2.45, 2.75) is 32.1 Å². The third-order valence-corrected chi connectivity index (χ3v) is 4.87. The van der Waals surface area contributed by atoms with Gasteiger partial charge in [-0.2, -0.15) is 0 Å². The Labute approximate surface area is 171 Å². The third kappa shape index (κ3) is 6.53. The maximum Gasteiger partial charge on any atom is 0.229 e. The van der Waals surface area contributed by atoms with Crippen LogP contribution in [0, 0.1) is 5.92 Å². The highest BCUT2D eigenvalue weighted by atomic mass is 32.1. The second kappa shape index (κ2) is 10.7. The van der Waals surface area contributed by atoms with E-state index in [1.807, 2.05) is 54.6 Å². The summed E-state index contributed by atoms with van der Waals surface area (Å²) in [5.74, 6) is 1.62. The van der Waals surface area contributed by atoms with Crippen LogP contribution < -0.4 is 20.1 Å². The van der Waals surface area contributed by atoms with Crippen molar-refractivity contribution in [3.63, 3.8) is 0 Å². The Hall–Kier alpha value is -2.60. The first kappa shape index (κ1) is 20.1.